The van der Waals surface area contributed by atoms with E-state index in [4.69, 9.17) is 11.6 Å². The highest BCUT2D eigenvalue weighted by molar-refractivity contribution is 7.09. The molecule has 5 heteroatoms. The molecule has 1 heterocycles. The Kier molecular flexibility index (Phi) is 4.18. The van der Waals surface area contributed by atoms with Crippen molar-refractivity contribution in [2.24, 2.45) is 0 Å². The maximum atomic E-state index is 11.1. The van der Waals surface area contributed by atoms with E-state index in [0.29, 0.717) is 18.8 Å². The molecule has 3 nitrogen and oxygen atoms in total. The maximum absolute atomic E-state index is 11.1. The number of nitrogens with zero attached hydrogens (tertiary/aromatic N) is 1. The van der Waals surface area contributed by atoms with Gasteiger partial charge < -0.3 is 5.32 Å². The molecule has 1 rings (SSSR count). The molecule has 72 valence electrons. The number of carbonyl (C=O) groups excluding carboxylic acids is 1. The van der Waals surface area contributed by atoms with Gasteiger partial charge in [0.25, 0.3) is 0 Å². The average Bonchev–Trinajstić information content (AvgIpc) is 2.52. The number of hydrogen-bond acceptors (Lipinski definition) is 3. The summed E-state index contributed by atoms with van der Waals surface area (Å²) in [6, 6.07) is 0. The lowest BCUT2D eigenvalue weighted by Crippen LogP contribution is -2.24. The summed E-state index contributed by atoms with van der Waals surface area (Å²) in [5.74, 6) is 0.421. The molecule has 13 heavy (non-hydrogen) atoms. The lowest BCUT2D eigenvalue weighted by atomic mass is 10.4. The quantitative estimate of drug-likeness (QED) is 0.780. The minimum absolute atomic E-state index is 0.0120. The van der Waals surface area contributed by atoms with Crippen LogP contribution in [0.4, 0.5) is 0 Å². The van der Waals surface area contributed by atoms with Gasteiger partial charge in [-0.1, -0.05) is 0 Å². The smallest absolute Gasteiger partial charge is 0.226 e. The van der Waals surface area contributed by atoms with Gasteiger partial charge in [-0.3, -0.25) is 4.79 Å². The van der Waals surface area contributed by atoms with Crippen molar-refractivity contribution < 1.29 is 4.79 Å². The molecule has 1 N–H and O–H groups in total. The van der Waals surface area contributed by atoms with Crippen LogP contribution in [0.3, 0.4) is 0 Å². The van der Waals surface area contributed by atoms with E-state index in [2.05, 4.69) is 10.3 Å². The summed E-state index contributed by atoms with van der Waals surface area (Å²) in [6.07, 6.45) is 0.357. The lowest BCUT2D eigenvalue weighted by molar-refractivity contribution is -0.120. The molecule has 0 saturated heterocycles. The Morgan fingerprint density at radius 3 is 3.08 bits per heavy atom. The van der Waals surface area contributed by atoms with Crippen LogP contribution in [-0.2, 0) is 17.1 Å². The fourth-order valence-corrected chi connectivity index (χ4v) is 1.91. The van der Waals surface area contributed by atoms with Gasteiger partial charge in [-0.15, -0.1) is 22.9 Å². The molecule has 1 amide bonds. The van der Waals surface area contributed by atoms with Crippen LogP contribution >= 0.6 is 22.9 Å². The van der Waals surface area contributed by atoms with Crippen molar-refractivity contribution in [1.82, 2.24) is 10.3 Å². The molecule has 0 atom stereocenters. The van der Waals surface area contributed by atoms with Crippen molar-refractivity contribution in [3.63, 3.8) is 0 Å². The predicted octanol–water partition coefficient (Wildman–Crippen LogP) is 1.56. The molecule has 0 aliphatic heterocycles. The summed E-state index contributed by atoms with van der Waals surface area (Å²) < 4.78 is 0. The zero-order valence-electron chi connectivity index (χ0n) is 7.34. The van der Waals surface area contributed by atoms with Gasteiger partial charge in [0.15, 0.2) is 0 Å². The van der Waals surface area contributed by atoms with Crippen LogP contribution in [0.5, 0.6) is 0 Å². The molecule has 1 aromatic heterocycles. The van der Waals surface area contributed by atoms with Crippen molar-refractivity contribution in [3.05, 3.63) is 16.1 Å². The third kappa shape index (κ3) is 3.32. The number of thiazole rings is 1. The van der Waals surface area contributed by atoms with E-state index in [1.54, 1.807) is 0 Å². The Hall–Kier alpha value is -0.610. The second-order valence-corrected chi connectivity index (χ2v) is 3.71. The van der Waals surface area contributed by atoms with E-state index in [9.17, 15) is 4.79 Å². The van der Waals surface area contributed by atoms with E-state index in [1.807, 2.05) is 12.3 Å². The molecular weight excluding hydrogens is 208 g/mol. The molecule has 0 unspecified atom stereocenters. The Balaban J connectivity index is 2.49. The molecule has 0 aromatic carbocycles. The topological polar surface area (TPSA) is 42.0 Å². The summed E-state index contributed by atoms with van der Waals surface area (Å²) in [7, 11) is 0. The van der Waals surface area contributed by atoms with E-state index in [0.717, 1.165) is 10.7 Å². The Labute approximate surface area is 86.1 Å². The SMILES string of the molecule is CCNC(=O)Cc1nc(CCl)cs1. The van der Waals surface area contributed by atoms with Crippen molar-refractivity contribution in [2.75, 3.05) is 6.54 Å². The Morgan fingerprint density at radius 2 is 2.54 bits per heavy atom. The first-order chi connectivity index (χ1) is 6.26. The highest BCUT2D eigenvalue weighted by Crippen LogP contribution is 2.11. The van der Waals surface area contributed by atoms with Gasteiger partial charge in [-0.05, 0) is 6.92 Å². The zero-order chi connectivity index (χ0) is 9.68. The highest BCUT2D eigenvalue weighted by atomic mass is 35.5. The van der Waals surface area contributed by atoms with Crippen LogP contribution < -0.4 is 5.32 Å². The largest absolute Gasteiger partial charge is 0.356 e. The van der Waals surface area contributed by atoms with Crippen LogP contribution in [0.2, 0.25) is 0 Å². The van der Waals surface area contributed by atoms with Gasteiger partial charge in [-0.25, -0.2) is 4.98 Å². The molecule has 0 radical (unpaired) electrons. The average molecular weight is 219 g/mol. The zero-order valence-corrected chi connectivity index (χ0v) is 8.91. The molecule has 0 aliphatic carbocycles. The summed E-state index contributed by atoms with van der Waals surface area (Å²) >= 11 is 7.05. The standard InChI is InChI=1S/C8H11ClN2OS/c1-2-10-7(12)3-8-11-6(4-9)5-13-8/h5H,2-4H2,1H3,(H,10,12). The summed E-state index contributed by atoms with van der Waals surface area (Å²) in [4.78, 5) is 15.3. The van der Waals surface area contributed by atoms with Gasteiger partial charge in [0, 0.05) is 11.9 Å². The highest BCUT2D eigenvalue weighted by Gasteiger charge is 2.05. The Bertz CT molecular complexity index is 287. The second-order valence-electron chi connectivity index (χ2n) is 2.50. The van der Waals surface area contributed by atoms with Crippen LogP contribution in [-0.4, -0.2) is 17.4 Å². The number of halogens is 1. The van der Waals surface area contributed by atoms with Gasteiger partial charge in [0.05, 0.1) is 18.0 Å². The van der Waals surface area contributed by atoms with Crippen molar-refractivity contribution in [1.29, 1.82) is 0 Å². The lowest BCUT2D eigenvalue weighted by Gasteiger charge is -1.97. The minimum Gasteiger partial charge on any atom is -0.356 e. The summed E-state index contributed by atoms with van der Waals surface area (Å²) in [5, 5.41) is 5.41. The molecule has 0 bridgehead atoms. The van der Waals surface area contributed by atoms with Crippen molar-refractivity contribution in [2.45, 2.75) is 19.2 Å². The first-order valence-electron chi connectivity index (χ1n) is 4.02. The van der Waals surface area contributed by atoms with Crippen LogP contribution in [0.25, 0.3) is 0 Å². The van der Waals surface area contributed by atoms with Gasteiger partial charge >= 0.3 is 0 Å². The number of aromatic nitrogens is 1. The first-order valence-corrected chi connectivity index (χ1v) is 5.43. The number of alkyl halides is 1. The second kappa shape index (κ2) is 5.19. The normalized spacial score (nSPS) is 10.0. The van der Waals surface area contributed by atoms with Crippen LogP contribution in [0.15, 0.2) is 5.38 Å². The van der Waals surface area contributed by atoms with Gasteiger partial charge in [0.1, 0.15) is 5.01 Å². The first kappa shape index (κ1) is 10.5. The van der Waals surface area contributed by atoms with Gasteiger partial charge in [0.2, 0.25) is 5.91 Å². The summed E-state index contributed by atoms with van der Waals surface area (Å²) in [6.45, 7) is 2.55. The van der Waals surface area contributed by atoms with E-state index in [1.165, 1.54) is 11.3 Å². The monoisotopic (exact) mass is 218 g/mol. The predicted molar refractivity (Wildman–Crippen MR) is 54.1 cm³/mol. The number of hydrogen-bond donors (Lipinski definition) is 1. The van der Waals surface area contributed by atoms with Crippen molar-refractivity contribution in [3.8, 4) is 0 Å². The third-order valence-electron chi connectivity index (χ3n) is 1.42. The maximum Gasteiger partial charge on any atom is 0.226 e. The number of likely N-dealkylation sites (N-methyl/N-ethyl adjacent to an activating group) is 1. The van der Waals surface area contributed by atoms with E-state index < -0.39 is 0 Å². The summed E-state index contributed by atoms with van der Waals surface area (Å²) in [5.41, 5.74) is 0.839. The van der Waals surface area contributed by atoms with E-state index >= 15 is 0 Å². The fourth-order valence-electron chi connectivity index (χ4n) is 0.889. The Morgan fingerprint density at radius 1 is 1.77 bits per heavy atom. The van der Waals surface area contributed by atoms with Crippen LogP contribution in [0.1, 0.15) is 17.6 Å². The van der Waals surface area contributed by atoms with Crippen molar-refractivity contribution >= 4 is 28.8 Å². The minimum atomic E-state index is 0.0120. The molecule has 0 spiro atoms. The molecule has 0 aliphatic rings. The molecule has 1 aromatic rings. The molecular formula is C8H11ClN2OS. The number of carbonyl (C=O) groups is 1. The van der Waals surface area contributed by atoms with E-state index in [-0.39, 0.29) is 5.91 Å². The number of amides is 1. The number of rotatable bonds is 4. The fraction of sp³-hybridized carbons (Fsp3) is 0.500. The third-order valence-corrected chi connectivity index (χ3v) is 2.59. The van der Waals surface area contributed by atoms with Crippen LogP contribution in [0, 0.1) is 0 Å². The number of nitrogens with one attached hydrogen (secondary N) is 1. The molecule has 0 saturated carbocycles. The van der Waals surface area contributed by atoms with Gasteiger partial charge in [-0.2, -0.15) is 0 Å². The molecule has 0 fully saturated rings.